The molecule has 0 saturated heterocycles. The van der Waals surface area contributed by atoms with E-state index in [0.717, 1.165) is 5.56 Å². The van der Waals surface area contributed by atoms with E-state index < -0.39 is 0 Å². The molecule has 0 fully saturated rings. The van der Waals surface area contributed by atoms with Gasteiger partial charge in [0.25, 0.3) is 0 Å². The summed E-state index contributed by atoms with van der Waals surface area (Å²) in [5, 5.41) is 0.454. The highest BCUT2D eigenvalue weighted by Gasteiger charge is 2.04. The van der Waals surface area contributed by atoms with Gasteiger partial charge >= 0.3 is 0 Å². The van der Waals surface area contributed by atoms with Crippen LogP contribution in [0.1, 0.15) is 5.56 Å². The Bertz CT molecular complexity index is 379. The molecule has 1 rings (SSSR count). The van der Waals surface area contributed by atoms with Crippen molar-refractivity contribution in [2.75, 3.05) is 46.8 Å². The average Bonchev–Trinajstić information content (AvgIpc) is 2.47. The lowest BCUT2D eigenvalue weighted by Gasteiger charge is -2.08. The number of hydrogen-bond donors (Lipinski definition) is 1. The summed E-state index contributed by atoms with van der Waals surface area (Å²) in [6, 6.07) is 1.74. The number of aromatic nitrogens is 1. The van der Waals surface area contributed by atoms with Crippen molar-refractivity contribution in [2.24, 2.45) is 5.73 Å². The zero-order valence-electron chi connectivity index (χ0n) is 11.6. The fourth-order valence-corrected chi connectivity index (χ4v) is 1.59. The topological polar surface area (TPSA) is 75.8 Å². The van der Waals surface area contributed by atoms with Gasteiger partial charge in [0, 0.05) is 19.9 Å². The third-order valence-corrected chi connectivity index (χ3v) is 2.64. The molecule has 0 aromatic carbocycles. The van der Waals surface area contributed by atoms with Gasteiger partial charge in [0.1, 0.15) is 11.6 Å². The van der Waals surface area contributed by atoms with Crippen molar-refractivity contribution in [3.8, 4) is 5.88 Å². The van der Waals surface area contributed by atoms with E-state index in [1.165, 1.54) is 0 Å². The summed E-state index contributed by atoms with van der Waals surface area (Å²) >= 11 is 6.00. The molecule has 2 N–H and O–H groups in total. The lowest BCUT2D eigenvalue weighted by molar-refractivity contribution is 0.0176. The van der Waals surface area contributed by atoms with Crippen molar-refractivity contribution in [1.82, 2.24) is 4.98 Å². The van der Waals surface area contributed by atoms with E-state index in [1.54, 1.807) is 19.4 Å². The Hall–Kier alpha value is -0.920. The monoisotopic (exact) mass is 304 g/mol. The highest BCUT2D eigenvalue weighted by atomic mass is 35.5. The summed E-state index contributed by atoms with van der Waals surface area (Å²) in [6.07, 6.45) is 1.64. The molecular weight excluding hydrogens is 284 g/mol. The van der Waals surface area contributed by atoms with Crippen molar-refractivity contribution in [3.05, 3.63) is 22.8 Å². The summed E-state index contributed by atoms with van der Waals surface area (Å²) in [4.78, 5) is 4.09. The van der Waals surface area contributed by atoms with Crippen LogP contribution in [0.3, 0.4) is 0 Å². The number of rotatable bonds is 11. The standard InChI is InChI=1S/C13H21ClN2O4/c1-17-2-3-18-4-5-19-6-7-20-13-12(14)8-11(9-15)10-16-13/h8,10H,2-7,9,15H2,1H3. The highest BCUT2D eigenvalue weighted by Crippen LogP contribution is 2.21. The molecule has 0 radical (unpaired) electrons. The first-order valence-corrected chi connectivity index (χ1v) is 6.77. The Morgan fingerprint density at radius 1 is 1.10 bits per heavy atom. The Balaban J connectivity index is 2.06. The molecule has 20 heavy (non-hydrogen) atoms. The predicted molar refractivity (Wildman–Crippen MR) is 76.1 cm³/mol. The molecule has 0 amide bonds. The molecule has 1 aromatic heterocycles. The number of pyridine rings is 1. The molecule has 1 aromatic rings. The van der Waals surface area contributed by atoms with Crippen LogP contribution in [0.2, 0.25) is 5.02 Å². The van der Waals surface area contributed by atoms with Crippen LogP contribution < -0.4 is 10.5 Å². The van der Waals surface area contributed by atoms with Crippen molar-refractivity contribution in [2.45, 2.75) is 6.54 Å². The van der Waals surface area contributed by atoms with Gasteiger partial charge in [-0.25, -0.2) is 4.98 Å². The van der Waals surface area contributed by atoms with E-state index in [9.17, 15) is 0 Å². The van der Waals surface area contributed by atoms with Gasteiger partial charge in [-0.2, -0.15) is 0 Å². The third-order valence-electron chi connectivity index (χ3n) is 2.37. The Morgan fingerprint density at radius 3 is 2.35 bits per heavy atom. The van der Waals surface area contributed by atoms with Gasteiger partial charge in [0.15, 0.2) is 0 Å². The number of halogens is 1. The fraction of sp³-hybridized carbons (Fsp3) is 0.615. The number of methoxy groups -OCH3 is 1. The fourth-order valence-electron chi connectivity index (χ4n) is 1.34. The summed E-state index contributed by atoms with van der Waals surface area (Å²) in [5.41, 5.74) is 6.36. The molecule has 0 bridgehead atoms. The molecule has 0 spiro atoms. The predicted octanol–water partition coefficient (Wildman–Crippen LogP) is 1.25. The number of nitrogens with zero attached hydrogens (tertiary/aromatic N) is 1. The SMILES string of the molecule is COCCOCCOCCOc1ncc(CN)cc1Cl. The van der Waals surface area contributed by atoms with Gasteiger partial charge in [-0.3, -0.25) is 0 Å². The second-order valence-electron chi connectivity index (χ2n) is 3.90. The van der Waals surface area contributed by atoms with Gasteiger partial charge in [-0.1, -0.05) is 11.6 Å². The second kappa shape index (κ2) is 10.8. The minimum absolute atomic E-state index is 0.382. The molecule has 1 heterocycles. The maximum atomic E-state index is 6.00. The molecule has 0 aliphatic rings. The Morgan fingerprint density at radius 2 is 1.75 bits per heavy atom. The van der Waals surface area contributed by atoms with Gasteiger partial charge in [-0.15, -0.1) is 0 Å². The van der Waals surface area contributed by atoms with E-state index in [0.29, 0.717) is 57.1 Å². The van der Waals surface area contributed by atoms with Crippen LogP contribution in [0.5, 0.6) is 5.88 Å². The maximum Gasteiger partial charge on any atom is 0.232 e. The molecule has 114 valence electrons. The summed E-state index contributed by atoms with van der Waals surface area (Å²) in [6.45, 7) is 3.44. The molecule has 0 atom stereocenters. The molecule has 7 heteroatoms. The van der Waals surface area contributed by atoms with E-state index >= 15 is 0 Å². The van der Waals surface area contributed by atoms with Crippen molar-refractivity contribution >= 4 is 11.6 Å². The van der Waals surface area contributed by atoms with Gasteiger partial charge in [-0.05, 0) is 11.6 Å². The van der Waals surface area contributed by atoms with E-state index in [-0.39, 0.29) is 0 Å². The van der Waals surface area contributed by atoms with Crippen molar-refractivity contribution < 1.29 is 18.9 Å². The number of nitrogens with two attached hydrogens (primary N) is 1. The van der Waals surface area contributed by atoms with E-state index in [4.69, 9.17) is 36.3 Å². The molecule has 0 unspecified atom stereocenters. The summed E-state index contributed by atoms with van der Waals surface area (Å²) < 4.78 is 20.8. The lowest BCUT2D eigenvalue weighted by Crippen LogP contribution is -2.12. The molecule has 0 aliphatic carbocycles. The van der Waals surface area contributed by atoms with Crippen LogP contribution in [0.25, 0.3) is 0 Å². The zero-order chi connectivity index (χ0) is 14.6. The first-order valence-electron chi connectivity index (χ1n) is 6.39. The third kappa shape index (κ3) is 7.02. The van der Waals surface area contributed by atoms with Crippen molar-refractivity contribution in [3.63, 3.8) is 0 Å². The first-order chi connectivity index (χ1) is 9.77. The minimum Gasteiger partial charge on any atom is -0.474 e. The average molecular weight is 305 g/mol. The molecule has 0 saturated carbocycles. The first kappa shape index (κ1) is 17.1. The quantitative estimate of drug-likeness (QED) is 0.620. The summed E-state index contributed by atoms with van der Waals surface area (Å²) in [5.74, 6) is 0.392. The number of hydrogen-bond acceptors (Lipinski definition) is 6. The maximum absolute atomic E-state index is 6.00. The van der Waals surface area contributed by atoms with Crippen LogP contribution >= 0.6 is 11.6 Å². The van der Waals surface area contributed by atoms with Gasteiger partial charge in [0.2, 0.25) is 5.88 Å². The second-order valence-corrected chi connectivity index (χ2v) is 4.31. The smallest absolute Gasteiger partial charge is 0.232 e. The van der Waals surface area contributed by atoms with Crippen LogP contribution in [0, 0.1) is 0 Å². The lowest BCUT2D eigenvalue weighted by atomic mass is 10.3. The molecule has 6 nitrogen and oxygen atoms in total. The van der Waals surface area contributed by atoms with Crippen LogP contribution in [-0.2, 0) is 20.8 Å². The van der Waals surface area contributed by atoms with Gasteiger partial charge < -0.3 is 24.7 Å². The zero-order valence-corrected chi connectivity index (χ0v) is 12.4. The number of ether oxygens (including phenoxy) is 4. The van der Waals surface area contributed by atoms with Gasteiger partial charge in [0.05, 0.1) is 33.0 Å². The van der Waals surface area contributed by atoms with Crippen LogP contribution in [0.15, 0.2) is 12.3 Å². The van der Waals surface area contributed by atoms with Crippen molar-refractivity contribution in [1.29, 1.82) is 0 Å². The van der Waals surface area contributed by atoms with E-state index in [1.807, 2.05) is 0 Å². The Kier molecular flexibility index (Phi) is 9.27. The van der Waals surface area contributed by atoms with E-state index in [2.05, 4.69) is 4.98 Å². The van der Waals surface area contributed by atoms with Crippen LogP contribution in [0.4, 0.5) is 0 Å². The normalized spacial score (nSPS) is 10.8. The minimum atomic E-state index is 0.382. The largest absolute Gasteiger partial charge is 0.474 e. The highest BCUT2D eigenvalue weighted by molar-refractivity contribution is 6.31. The Labute approximate surface area is 124 Å². The molecular formula is C13H21ClN2O4. The van der Waals surface area contributed by atoms with Crippen LogP contribution in [-0.4, -0.2) is 51.7 Å². The molecule has 0 aliphatic heterocycles. The summed E-state index contributed by atoms with van der Waals surface area (Å²) in [7, 11) is 1.64.